The van der Waals surface area contributed by atoms with Crippen LogP contribution < -0.4 is 10.6 Å². The smallest absolute Gasteiger partial charge is 0.139 e. The molecule has 0 spiro atoms. The predicted octanol–water partition coefficient (Wildman–Crippen LogP) is 3.16. The van der Waals surface area contributed by atoms with E-state index < -0.39 is 0 Å². The van der Waals surface area contributed by atoms with Crippen LogP contribution in [0.3, 0.4) is 0 Å². The monoisotopic (exact) mass is 386 g/mol. The Labute approximate surface area is 171 Å². The van der Waals surface area contributed by atoms with Gasteiger partial charge in [-0.2, -0.15) is 0 Å². The lowest BCUT2D eigenvalue weighted by molar-refractivity contribution is -0.114. The van der Waals surface area contributed by atoms with Crippen LogP contribution >= 0.6 is 0 Å². The number of anilines is 2. The number of benzene rings is 2. The van der Waals surface area contributed by atoms with Crippen LogP contribution in [0.15, 0.2) is 79.0 Å². The van der Waals surface area contributed by atoms with E-state index in [4.69, 9.17) is 5.73 Å². The van der Waals surface area contributed by atoms with Crippen molar-refractivity contribution in [2.75, 3.05) is 23.7 Å². The molecule has 3 aromatic rings. The first-order chi connectivity index (χ1) is 14.2. The molecule has 2 unspecified atom stereocenters. The normalized spacial score (nSPS) is 19.8. The van der Waals surface area contributed by atoms with Gasteiger partial charge in [0.1, 0.15) is 12.1 Å². The molecule has 5 nitrogen and oxygen atoms in total. The molecule has 1 saturated heterocycles. The summed E-state index contributed by atoms with van der Waals surface area (Å²) in [6.07, 6.45) is 3.56. The van der Waals surface area contributed by atoms with Gasteiger partial charge in [0.15, 0.2) is 0 Å². The summed E-state index contributed by atoms with van der Waals surface area (Å²) >= 11 is 0. The van der Waals surface area contributed by atoms with E-state index in [1.54, 1.807) is 6.20 Å². The molecule has 1 aliphatic heterocycles. The highest BCUT2D eigenvalue weighted by Crippen LogP contribution is 2.26. The largest absolute Gasteiger partial charge is 0.397 e. The number of hydrogen-bond acceptors (Lipinski definition) is 5. The summed E-state index contributed by atoms with van der Waals surface area (Å²) in [5, 5.41) is 0. The molecular weight excluding hydrogens is 360 g/mol. The number of carbonyl (C=O) groups excluding carboxylic acids is 1. The van der Waals surface area contributed by atoms with Gasteiger partial charge in [-0.25, -0.2) is 4.98 Å². The number of pyridine rings is 1. The Balaban J connectivity index is 1.64. The van der Waals surface area contributed by atoms with E-state index >= 15 is 0 Å². The van der Waals surface area contributed by atoms with Gasteiger partial charge < -0.3 is 15.4 Å². The lowest BCUT2D eigenvalue weighted by Gasteiger charge is -2.46. The predicted molar refractivity (Wildman–Crippen MR) is 117 cm³/mol. The maximum atomic E-state index is 12.3. The molecule has 2 heterocycles. The summed E-state index contributed by atoms with van der Waals surface area (Å²) < 4.78 is 0. The molecule has 0 radical (unpaired) electrons. The first-order valence-electron chi connectivity index (χ1n) is 10.00. The van der Waals surface area contributed by atoms with E-state index in [0.29, 0.717) is 5.69 Å². The number of aromatic nitrogens is 1. The first kappa shape index (κ1) is 19.2. The molecule has 1 aromatic heterocycles. The van der Waals surface area contributed by atoms with Gasteiger partial charge in [0.2, 0.25) is 0 Å². The molecule has 148 valence electrons. The van der Waals surface area contributed by atoms with Crippen molar-refractivity contribution in [3.8, 4) is 0 Å². The highest BCUT2D eigenvalue weighted by atomic mass is 16.1. The Morgan fingerprint density at radius 3 is 2.24 bits per heavy atom. The van der Waals surface area contributed by atoms with Gasteiger partial charge in [-0.15, -0.1) is 0 Å². The highest BCUT2D eigenvalue weighted by molar-refractivity contribution is 5.62. The van der Waals surface area contributed by atoms with E-state index in [1.165, 1.54) is 11.1 Å². The molecule has 4 rings (SSSR count). The number of nitrogens with zero attached hydrogens (tertiary/aromatic N) is 3. The minimum absolute atomic E-state index is 0.00323. The van der Waals surface area contributed by atoms with Gasteiger partial charge in [-0.3, -0.25) is 4.90 Å². The van der Waals surface area contributed by atoms with E-state index in [0.717, 1.165) is 38.2 Å². The van der Waals surface area contributed by atoms with Gasteiger partial charge in [0.05, 0.1) is 24.0 Å². The van der Waals surface area contributed by atoms with Gasteiger partial charge in [0.25, 0.3) is 0 Å². The van der Waals surface area contributed by atoms with E-state index in [2.05, 4.69) is 39.0 Å². The molecule has 5 heteroatoms. The van der Waals surface area contributed by atoms with E-state index in [1.807, 2.05) is 48.5 Å². The lowest BCUT2D eigenvalue weighted by atomic mass is 9.94. The Bertz CT molecular complexity index is 915. The maximum absolute atomic E-state index is 12.3. The number of carbonyl (C=O) groups is 1. The average molecular weight is 386 g/mol. The molecule has 0 saturated carbocycles. The molecule has 1 fully saturated rings. The number of hydrogen-bond donors (Lipinski definition) is 1. The van der Waals surface area contributed by atoms with Gasteiger partial charge in [-0.05, 0) is 29.7 Å². The molecule has 0 bridgehead atoms. The quantitative estimate of drug-likeness (QED) is 0.660. The number of piperazine rings is 1. The zero-order valence-electron chi connectivity index (χ0n) is 16.4. The zero-order valence-corrected chi connectivity index (χ0v) is 16.4. The third kappa shape index (κ3) is 4.46. The molecule has 1 aliphatic rings. The molecule has 0 aliphatic carbocycles. The Morgan fingerprint density at radius 2 is 1.62 bits per heavy atom. The standard InChI is InChI=1S/C24H26N4O/c25-21-11-12-24(26-16-21)28-14-13-27(17-20-9-5-2-6-10-20)23(18-29)22(28)15-19-7-3-1-4-8-19/h1-12,16,18,22-23H,13-15,17,25H2. The van der Waals surface area contributed by atoms with E-state index in [-0.39, 0.29) is 12.1 Å². The minimum Gasteiger partial charge on any atom is -0.397 e. The van der Waals surface area contributed by atoms with Crippen LogP contribution in [0, 0.1) is 0 Å². The fraction of sp³-hybridized carbons (Fsp3) is 0.250. The van der Waals surface area contributed by atoms with Gasteiger partial charge in [-0.1, -0.05) is 60.7 Å². The number of rotatable bonds is 6. The SMILES string of the molecule is Nc1ccc(N2CCN(Cc3ccccc3)C(C=O)C2Cc2ccccc2)nc1. The zero-order chi connectivity index (χ0) is 20.1. The van der Waals surface area contributed by atoms with Gasteiger partial charge >= 0.3 is 0 Å². The Kier molecular flexibility index (Phi) is 5.86. The third-order valence-electron chi connectivity index (χ3n) is 5.56. The molecule has 2 aromatic carbocycles. The molecular formula is C24H26N4O. The third-order valence-corrected chi connectivity index (χ3v) is 5.56. The minimum atomic E-state index is -0.219. The summed E-state index contributed by atoms with van der Waals surface area (Å²) in [5.74, 6) is 0.867. The number of nitrogens with two attached hydrogens (primary N) is 1. The Morgan fingerprint density at radius 1 is 0.931 bits per heavy atom. The second kappa shape index (κ2) is 8.88. The van der Waals surface area contributed by atoms with Crippen LogP contribution in [-0.2, 0) is 17.8 Å². The second-order valence-electron chi connectivity index (χ2n) is 7.48. The van der Waals surface area contributed by atoms with Crippen LogP contribution in [0.1, 0.15) is 11.1 Å². The van der Waals surface area contributed by atoms with Crippen LogP contribution in [0.5, 0.6) is 0 Å². The second-order valence-corrected chi connectivity index (χ2v) is 7.48. The molecule has 0 amide bonds. The van der Waals surface area contributed by atoms with Crippen molar-refractivity contribution in [1.82, 2.24) is 9.88 Å². The highest BCUT2D eigenvalue weighted by Gasteiger charge is 2.37. The number of nitrogen functional groups attached to an aromatic ring is 1. The summed E-state index contributed by atoms with van der Waals surface area (Å²) in [5.41, 5.74) is 8.91. The van der Waals surface area contributed by atoms with Crippen molar-refractivity contribution in [2.45, 2.75) is 25.0 Å². The van der Waals surface area contributed by atoms with Crippen molar-refractivity contribution < 1.29 is 4.79 Å². The molecule has 2 N–H and O–H groups in total. The molecule has 2 atom stereocenters. The fourth-order valence-corrected chi connectivity index (χ4v) is 4.10. The first-order valence-corrected chi connectivity index (χ1v) is 10.00. The summed E-state index contributed by atoms with van der Waals surface area (Å²) in [6, 6.07) is 24.3. The van der Waals surface area contributed by atoms with Crippen molar-refractivity contribution in [3.63, 3.8) is 0 Å². The van der Waals surface area contributed by atoms with Gasteiger partial charge in [0, 0.05) is 19.6 Å². The number of aldehydes is 1. The van der Waals surface area contributed by atoms with Crippen molar-refractivity contribution in [3.05, 3.63) is 90.1 Å². The van der Waals surface area contributed by atoms with Crippen molar-refractivity contribution in [2.24, 2.45) is 0 Å². The van der Waals surface area contributed by atoms with Crippen molar-refractivity contribution >= 4 is 17.8 Å². The van der Waals surface area contributed by atoms with Crippen LogP contribution in [0.4, 0.5) is 11.5 Å². The topological polar surface area (TPSA) is 62.5 Å². The average Bonchev–Trinajstić information content (AvgIpc) is 2.76. The van der Waals surface area contributed by atoms with Crippen LogP contribution in [0.25, 0.3) is 0 Å². The molecule has 29 heavy (non-hydrogen) atoms. The summed E-state index contributed by atoms with van der Waals surface area (Å²) in [6.45, 7) is 2.37. The summed E-state index contributed by atoms with van der Waals surface area (Å²) in [7, 11) is 0. The lowest BCUT2D eigenvalue weighted by Crippen LogP contribution is -2.61. The van der Waals surface area contributed by atoms with Crippen molar-refractivity contribution in [1.29, 1.82) is 0 Å². The van der Waals surface area contributed by atoms with Crippen LogP contribution in [0.2, 0.25) is 0 Å². The maximum Gasteiger partial charge on any atom is 0.139 e. The van der Waals surface area contributed by atoms with E-state index in [9.17, 15) is 4.79 Å². The summed E-state index contributed by atoms with van der Waals surface area (Å²) in [4.78, 5) is 21.4. The Hall–Kier alpha value is -3.18. The fourth-order valence-electron chi connectivity index (χ4n) is 4.10. The van der Waals surface area contributed by atoms with Crippen LogP contribution in [-0.4, -0.2) is 41.3 Å².